The molecule has 0 spiro atoms. The van der Waals surface area contributed by atoms with Crippen LogP contribution >= 0.6 is 12.2 Å². The molecule has 0 saturated carbocycles. The fourth-order valence-corrected chi connectivity index (χ4v) is 5.37. The first kappa shape index (κ1) is 23.8. The summed E-state index contributed by atoms with van der Waals surface area (Å²) in [6.07, 6.45) is 1.81. The van der Waals surface area contributed by atoms with Gasteiger partial charge in [-0.05, 0) is 87.1 Å². The van der Waals surface area contributed by atoms with Crippen LogP contribution in [-0.4, -0.2) is 27.7 Å². The largest absolute Gasteiger partial charge is 0.465 e. The molecule has 5 rings (SSSR count). The van der Waals surface area contributed by atoms with Crippen molar-refractivity contribution in [3.63, 3.8) is 0 Å². The van der Waals surface area contributed by atoms with E-state index in [4.69, 9.17) is 17.0 Å². The van der Waals surface area contributed by atoms with E-state index in [1.54, 1.807) is 6.07 Å². The van der Waals surface area contributed by atoms with E-state index in [9.17, 15) is 4.79 Å². The van der Waals surface area contributed by atoms with Crippen molar-refractivity contribution in [1.82, 2.24) is 14.9 Å². The van der Waals surface area contributed by atoms with Gasteiger partial charge in [0.25, 0.3) is 0 Å². The molecule has 1 saturated heterocycles. The highest BCUT2D eigenvalue weighted by molar-refractivity contribution is 7.80. The number of anilines is 1. The van der Waals surface area contributed by atoms with Crippen LogP contribution in [0.2, 0.25) is 0 Å². The molecule has 1 fully saturated rings. The van der Waals surface area contributed by atoms with E-state index in [2.05, 4.69) is 70.9 Å². The number of ether oxygens (including phenoxy) is 1. The van der Waals surface area contributed by atoms with Crippen LogP contribution in [0.5, 0.6) is 0 Å². The minimum atomic E-state index is -0.356. The molecule has 2 aromatic heterocycles. The van der Waals surface area contributed by atoms with Crippen molar-refractivity contribution in [3.05, 3.63) is 113 Å². The zero-order chi connectivity index (χ0) is 25.4. The van der Waals surface area contributed by atoms with Gasteiger partial charge in [-0.3, -0.25) is 4.98 Å². The zero-order valence-corrected chi connectivity index (χ0v) is 21.5. The summed E-state index contributed by atoms with van der Waals surface area (Å²) in [4.78, 5) is 19.0. The quantitative estimate of drug-likeness (QED) is 0.280. The summed E-state index contributed by atoms with van der Waals surface area (Å²) in [7, 11) is 1.40. The Balaban J connectivity index is 1.66. The Morgan fingerprint density at radius 2 is 1.75 bits per heavy atom. The molecule has 1 N–H and O–H groups in total. The molecule has 1 aliphatic heterocycles. The molecular formula is C29H28N4O2S. The molecule has 2 atom stereocenters. The molecule has 4 aromatic rings. The van der Waals surface area contributed by atoms with Gasteiger partial charge in [0, 0.05) is 29.0 Å². The van der Waals surface area contributed by atoms with Crippen LogP contribution in [0, 0.1) is 20.8 Å². The molecule has 2 aromatic carbocycles. The molecule has 1 aliphatic rings. The second kappa shape index (κ2) is 9.59. The van der Waals surface area contributed by atoms with E-state index in [0.29, 0.717) is 10.7 Å². The second-order valence-corrected chi connectivity index (χ2v) is 9.42. The molecule has 7 heteroatoms. The van der Waals surface area contributed by atoms with Crippen molar-refractivity contribution in [3.8, 4) is 5.69 Å². The highest BCUT2D eigenvalue weighted by Crippen LogP contribution is 2.43. The van der Waals surface area contributed by atoms with Crippen LogP contribution in [0.15, 0.2) is 79.0 Å². The summed E-state index contributed by atoms with van der Waals surface area (Å²) >= 11 is 5.87. The first-order valence-electron chi connectivity index (χ1n) is 11.8. The van der Waals surface area contributed by atoms with E-state index in [-0.39, 0.29) is 18.1 Å². The Morgan fingerprint density at radius 3 is 2.44 bits per heavy atom. The molecule has 2 unspecified atom stereocenters. The Kier molecular flexibility index (Phi) is 6.33. The van der Waals surface area contributed by atoms with Crippen molar-refractivity contribution in [2.45, 2.75) is 32.9 Å². The van der Waals surface area contributed by atoms with Gasteiger partial charge in [0.15, 0.2) is 5.11 Å². The topological polar surface area (TPSA) is 59.4 Å². The van der Waals surface area contributed by atoms with Crippen molar-refractivity contribution in [1.29, 1.82) is 0 Å². The van der Waals surface area contributed by atoms with Gasteiger partial charge in [-0.15, -0.1) is 0 Å². The van der Waals surface area contributed by atoms with Crippen LogP contribution in [0.4, 0.5) is 5.69 Å². The SMILES string of the molecule is COC(=O)c1cccc(-n2c(C)cc(C3C(c4ccccn4)NC(=S)N3c3ccc(C)cc3)c2C)c1. The molecule has 6 nitrogen and oxygen atoms in total. The number of nitrogens with one attached hydrogen (secondary N) is 1. The summed E-state index contributed by atoms with van der Waals surface area (Å²) in [6.45, 7) is 6.26. The Hall–Kier alpha value is -3.97. The van der Waals surface area contributed by atoms with E-state index >= 15 is 0 Å². The number of carbonyl (C=O) groups excluding carboxylic acids is 1. The van der Waals surface area contributed by atoms with Crippen LogP contribution in [0.25, 0.3) is 5.69 Å². The molecular weight excluding hydrogens is 468 g/mol. The monoisotopic (exact) mass is 496 g/mol. The number of aromatic nitrogens is 2. The third kappa shape index (κ3) is 4.16. The van der Waals surface area contributed by atoms with Crippen LogP contribution in [0.3, 0.4) is 0 Å². The third-order valence-electron chi connectivity index (χ3n) is 6.72. The lowest BCUT2D eigenvalue weighted by molar-refractivity contribution is 0.0600. The summed E-state index contributed by atoms with van der Waals surface area (Å²) in [6, 6.07) is 23.8. The van der Waals surface area contributed by atoms with Gasteiger partial charge in [-0.1, -0.05) is 29.8 Å². The minimum absolute atomic E-state index is 0.112. The van der Waals surface area contributed by atoms with Gasteiger partial charge >= 0.3 is 5.97 Å². The van der Waals surface area contributed by atoms with Crippen LogP contribution < -0.4 is 10.2 Å². The first-order valence-corrected chi connectivity index (χ1v) is 12.2. The van der Waals surface area contributed by atoms with E-state index in [1.807, 2.05) is 42.6 Å². The maximum absolute atomic E-state index is 12.2. The summed E-state index contributed by atoms with van der Waals surface area (Å²) in [5.74, 6) is -0.356. The van der Waals surface area contributed by atoms with E-state index in [0.717, 1.165) is 34.0 Å². The maximum Gasteiger partial charge on any atom is 0.337 e. The predicted octanol–water partition coefficient (Wildman–Crippen LogP) is 5.76. The molecule has 0 amide bonds. The van der Waals surface area contributed by atoms with Gasteiger partial charge in [0.1, 0.15) is 0 Å². The Bertz CT molecular complexity index is 1430. The number of thiocarbonyl (C=S) groups is 1. The number of benzene rings is 2. The van der Waals surface area contributed by atoms with Crippen molar-refractivity contribution >= 4 is 29.0 Å². The van der Waals surface area contributed by atoms with E-state index < -0.39 is 0 Å². The number of rotatable bonds is 5. The Labute approximate surface area is 216 Å². The molecule has 3 heterocycles. The van der Waals surface area contributed by atoms with Gasteiger partial charge in [0.2, 0.25) is 0 Å². The second-order valence-electron chi connectivity index (χ2n) is 9.04. The van der Waals surface area contributed by atoms with Gasteiger partial charge in [-0.25, -0.2) is 4.79 Å². The number of methoxy groups -OCH3 is 1. The van der Waals surface area contributed by atoms with Gasteiger partial charge in [0.05, 0.1) is 30.5 Å². The fourth-order valence-electron chi connectivity index (χ4n) is 5.03. The smallest absolute Gasteiger partial charge is 0.337 e. The average molecular weight is 497 g/mol. The molecule has 0 bridgehead atoms. The number of aryl methyl sites for hydroxylation is 2. The minimum Gasteiger partial charge on any atom is -0.465 e. The third-order valence-corrected chi connectivity index (χ3v) is 7.04. The number of hydrogen-bond donors (Lipinski definition) is 1. The number of pyridine rings is 1. The predicted molar refractivity (Wildman–Crippen MR) is 146 cm³/mol. The highest BCUT2D eigenvalue weighted by atomic mass is 32.1. The van der Waals surface area contributed by atoms with E-state index in [1.165, 1.54) is 12.7 Å². The molecule has 36 heavy (non-hydrogen) atoms. The van der Waals surface area contributed by atoms with Gasteiger partial charge in [-0.2, -0.15) is 0 Å². The van der Waals surface area contributed by atoms with Crippen LogP contribution in [0.1, 0.15) is 50.7 Å². The standard InChI is InChI=1S/C29H28N4O2S/c1-18-11-13-22(14-12-18)33-27(26(31-29(33)36)25-10-5-6-15-30-25)24-16-19(2)32(20(24)3)23-9-7-8-21(17-23)28(34)35-4/h5-17,26-27H,1-4H3,(H,31,36). The first-order chi connectivity index (χ1) is 17.4. The normalized spacial score (nSPS) is 17.2. The zero-order valence-electron chi connectivity index (χ0n) is 20.7. The van der Waals surface area contributed by atoms with Crippen molar-refractivity contribution in [2.24, 2.45) is 0 Å². The summed E-state index contributed by atoms with van der Waals surface area (Å²) < 4.78 is 7.11. The maximum atomic E-state index is 12.2. The number of carbonyl (C=O) groups is 1. The number of nitrogens with zero attached hydrogens (tertiary/aromatic N) is 3. The lowest BCUT2D eigenvalue weighted by Gasteiger charge is -2.28. The highest BCUT2D eigenvalue weighted by Gasteiger charge is 2.42. The molecule has 0 radical (unpaired) electrons. The molecule has 0 aliphatic carbocycles. The average Bonchev–Trinajstić information content (AvgIpc) is 3.39. The van der Waals surface area contributed by atoms with Crippen molar-refractivity contribution in [2.75, 3.05) is 12.0 Å². The van der Waals surface area contributed by atoms with Gasteiger partial charge < -0.3 is 19.5 Å². The van der Waals surface area contributed by atoms with Crippen LogP contribution in [-0.2, 0) is 4.74 Å². The summed E-state index contributed by atoms with van der Waals surface area (Å²) in [5, 5.41) is 4.20. The summed E-state index contributed by atoms with van der Waals surface area (Å²) in [5.41, 5.74) is 7.84. The number of hydrogen-bond acceptors (Lipinski definition) is 4. The lowest BCUT2D eigenvalue weighted by Crippen LogP contribution is -2.29. The lowest BCUT2D eigenvalue weighted by atomic mass is 9.96. The fraction of sp³-hybridized carbons (Fsp3) is 0.207. The Morgan fingerprint density at radius 1 is 0.972 bits per heavy atom. The number of esters is 1. The molecule has 182 valence electrons. The van der Waals surface area contributed by atoms with Crippen molar-refractivity contribution < 1.29 is 9.53 Å².